The number of nitrogens with zero attached hydrogens (tertiary/aromatic N) is 4. The van der Waals surface area contributed by atoms with Gasteiger partial charge in [0.05, 0.1) is 22.4 Å². The molecule has 7 aromatic carbocycles. The normalized spacial score (nSPS) is 11.9. The Balaban J connectivity index is 1.05. The first-order chi connectivity index (χ1) is 26.2. The Bertz CT molecular complexity index is 3060. The number of hydrogen-bond donors (Lipinski definition) is 0. The molecule has 4 nitrogen and oxygen atoms in total. The van der Waals surface area contributed by atoms with Crippen molar-refractivity contribution in [2.45, 2.75) is 6.92 Å². The van der Waals surface area contributed by atoms with Gasteiger partial charge in [0.1, 0.15) is 5.82 Å². The lowest BCUT2D eigenvalue weighted by Crippen LogP contribution is -2.13. The highest BCUT2D eigenvalue weighted by molar-refractivity contribution is 6.22. The molecule has 0 atom stereocenters. The zero-order valence-electron chi connectivity index (χ0n) is 29.0. The number of para-hydroxylation sites is 2. The number of aryl methyl sites for hydroxylation is 1. The van der Waals surface area contributed by atoms with E-state index in [9.17, 15) is 0 Å². The van der Waals surface area contributed by atoms with Crippen molar-refractivity contribution in [2.24, 2.45) is 0 Å². The Labute approximate surface area is 306 Å². The lowest BCUT2D eigenvalue weighted by atomic mass is 9.99. The molecule has 0 amide bonds. The molecular weight excluding hydrogens is 645 g/mol. The molecule has 0 aliphatic heterocycles. The van der Waals surface area contributed by atoms with Gasteiger partial charge in [0.2, 0.25) is 0 Å². The minimum Gasteiger partial charge on any atom is -0.309 e. The summed E-state index contributed by atoms with van der Waals surface area (Å²) in [5.74, 6) is 0.880. The number of benzene rings is 7. The van der Waals surface area contributed by atoms with Crippen molar-refractivity contribution in [1.29, 1.82) is 0 Å². The van der Waals surface area contributed by atoms with Crippen molar-refractivity contribution in [3.8, 4) is 39.2 Å². The fourth-order valence-electron chi connectivity index (χ4n) is 8.47. The Hall–Kier alpha value is -7.04. The highest BCUT2D eigenvalue weighted by atomic mass is 15.2. The Morgan fingerprint density at radius 1 is 0.509 bits per heavy atom. The summed E-state index contributed by atoms with van der Waals surface area (Å²) in [5.41, 5.74) is 13.7. The molecule has 0 unspecified atom stereocenters. The van der Waals surface area contributed by atoms with Gasteiger partial charge in [-0.1, -0.05) is 103 Å². The topological polar surface area (TPSA) is 34.0 Å². The second-order valence-electron chi connectivity index (χ2n) is 13.9. The van der Waals surface area contributed by atoms with Gasteiger partial charge in [0.15, 0.2) is 0 Å². The van der Waals surface area contributed by atoms with Crippen LogP contribution < -0.4 is 4.90 Å². The molecule has 0 radical (unpaired) electrons. The molecule has 3 aromatic heterocycles. The molecule has 0 bridgehead atoms. The average molecular weight is 677 g/mol. The monoisotopic (exact) mass is 676 g/mol. The van der Waals surface area contributed by atoms with Gasteiger partial charge in [-0.05, 0) is 95.1 Å². The van der Waals surface area contributed by atoms with Crippen molar-refractivity contribution in [3.05, 3.63) is 182 Å². The summed E-state index contributed by atoms with van der Waals surface area (Å²) in [6.45, 7) is 2.16. The van der Waals surface area contributed by atoms with Gasteiger partial charge in [-0.25, -0.2) is 4.98 Å². The molecule has 4 heteroatoms. The van der Waals surface area contributed by atoms with E-state index in [2.05, 4.69) is 185 Å². The highest BCUT2D eigenvalue weighted by Gasteiger charge is 2.25. The largest absolute Gasteiger partial charge is 0.309 e. The fraction of sp³-hybridized carbons (Fsp3) is 0.0204. The van der Waals surface area contributed by atoms with Crippen molar-refractivity contribution < 1.29 is 0 Å². The van der Waals surface area contributed by atoms with Gasteiger partial charge >= 0.3 is 0 Å². The third-order valence-corrected chi connectivity index (χ3v) is 10.9. The van der Waals surface area contributed by atoms with E-state index in [4.69, 9.17) is 4.98 Å². The lowest BCUT2D eigenvalue weighted by Gasteiger charge is -2.26. The summed E-state index contributed by atoms with van der Waals surface area (Å²) < 4.78 is 2.39. The highest BCUT2D eigenvalue weighted by Crippen LogP contribution is 2.48. The number of anilines is 3. The molecule has 53 heavy (non-hydrogen) atoms. The number of pyridine rings is 2. The molecule has 1 aliphatic carbocycles. The zero-order chi connectivity index (χ0) is 35.0. The van der Waals surface area contributed by atoms with Crippen LogP contribution in [0.15, 0.2) is 176 Å². The zero-order valence-corrected chi connectivity index (χ0v) is 29.0. The number of aromatic nitrogens is 3. The van der Waals surface area contributed by atoms with Crippen LogP contribution in [-0.4, -0.2) is 14.5 Å². The van der Waals surface area contributed by atoms with Gasteiger partial charge in [-0.15, -0.1) is 0 Å². The first kappa shape index (κ1) is 29.7. The van der Waals surface area contributed by atoms with E-state index in [1.165, 1.54) is 49.1 Å². The maximum absolute atomic E-state index is 5.38. The van der Waals surface area contributed by atoms with Crippen LogP contribution in [0.5, 0.6) is 0 Å². The minimum atomic E-state index is 0.880. The summed E-state index contributed by atoms with van der Waals surface area (Å²) in [6, 6.07) is 59.0. The van der Waals surface area contributed by atoms with Gasteiger partial charge < -0.3 is 4.57 Å². The number of fused-ring (bicyclic) bond motifs is 8. The molecule has 0 spiro atoms. The molecule has 11 rings (SSSR count). The maximum Gasteiger partial charge on any atom is 0.138 e. The van der Waals surface area contributed by atoms with Crippen molar-refractivity contribution in [2.75, 3.05) is 4.90 Å². The van der Waals surface area contributed by atoms with Gasteiger partial charge in [-0.3, -0.25) is 9.88 Å². The first-order valence-electron chi connectivity index (χ1n) is 18.1. The van der Waals surface area contributed by atoms with Gasteiger partial charge in [0, 0.05) is 62.0 Å². The van der Waals surface area contributed by atoms with Crippen LogP contribution in [0.1, 0.15) is 5.56 Å². The quantitative estimate of drug-likeness (QED) is 0.182. The van der Waals surface area contributed by atoms with E-state index >= 15 is 0 Å². The summed E-state index contributed by atoms with van der Waals surface area (Å²) in [6.07, 6.45) is 3.91. The Kier molecular flexibility index (Phi) is 6.43. The maximum atomic E-state index is 5.38. The number of hydrogen-bond acceptors (Lipinski definition) is 3. The average Bonchev–Trinajstić information content (AvgIpc) is 3.73. The predicted molar refractivity (Wildman–Crippen MR) is 221 cm³/mol. The second kappa shape index (κ2) is 11.5. The SMILES string of the molecule is Cc1ccccc1N(c1ccc(-c2ccc3c(c2)c2c4ccccc4ccc2n3-c2ccccc2)cc1)c1ccc2c(n1)-c1cccc3cncc-2c13. The molecule has 0 saturated carbocycles. The lowest BCUT2D eigenvalue weighted by molar-refractivity contribution is 1.17. The summed E-state index contributed by atoms with van der Waals surface area (Å²) in [4.78, 5) is 12.2. The third-order valence-electron chi connectivity index (χ3n) is 10.9. The molecule has 0 saturated heterocycles. The third kappa shape index (κ3) is 4.49. The predicted octanol–water partition coefficient (Wildman–Crippen LogP) is 13.0. The molecule has 0 N–H and O–H groups in total. The molecule has 3 heterocycles. The van der Waals surface area contributed by atoms with Crippen LogP contribution in [0.4, 0.5) is 17.2 Å². The van der Waals surface area contributed by atoms with Crippen LogP contribution in [0.2, 0.25) is 0 Å². The summed E-state index contributed by atoms with van der Waals surface area (Å²) in [5, 5.41) is 7.41. The van der Waals surface area contributed by atoms with Gasteiger partial charge in [-0.2, -0.15) is 0 Å². The molecular formula is C49H32N4. The van der Waals surface area contributed by atoms with Crippen molar-refractivity contribution in [3.63, 3.8) is 0 Å². The number of rotatable bonds is 5. The van der Waals surface area contributed by atoms with Crippen molar-refractivity contribution in [1.82, 2.24) is 14.5 Å². The molecule has 1 aliphatic rings. The van der Waals surface area contributed by atoms with Crippen LogP contribution in [0.25, 0.3) is 82.5 Å². The van der Waals surface area contributed by atoms with E-state index in [1.54, 1.807) is 0 Å². The molecule has 10 aromatic rings. The first-order valence-corrected chi connectivity index (χ1v) is 18.1. The fourth-order valence-corrected chi connectivity index (χ4v) is 8.47. The van der Waals surface area contributed by atoms with E-state index in [1.807, 2.05) is 12.4 Å². The van der Waals surface area contributed by atoms with E-state index in [-0.39, 0.29) is 0 Å². The van der Waals surface area contributed by atoms with Crippen LogP contribution in [0.3, 0.4) is 0 Å². The Morgan fingerprint density at radius 2 is 1.28 bits per heavy atom. The van der Waals surface area contributed by atoms with Crippen molar-refractivity contribution >= 4 is 60.5 Å². The molecule has 248 valence electrons. The Morgan fingerprint density at radius 3 is 2.17 bits per heavy atom. The second-order valence-corrected chi connectivity index (χ2v) is 13.9. The van der Waals surface area contributed by atoms with E-state index in [0.717, 1.165) is 56.2 Å². The standard InChI is InChI=1S/C49H32N4/c1-31-10-5-8-17-43(31)53(46-27-24-39-42-30-50-29-35-12-9-16-40(47(35)42)49(39)51-46)37-22-18-32(19-23-37)34-21-25-44-41(28-34)48-38-15-7-6-11-33(38)20-26-45(48)52(44)36-13-3-2-4-14-36/h2-30H,1H3. The van der Waals surface area contributed by atoms with Gasteiger partial charge in [0.25, 0.3) is 0 Å². The van der Waals surface area contributed by atoms with E-state index < -0.39 is 0 Å². The summed E-state index contributed by atoms with van der Waals surface area (Å²) >= 11 is 0. The van der Waals surface area contributed by atoms with Crippen LogP contribution in [-0.2, 0) is 0 Å². The van der Waals surface area contributed by atoms with Crippen LogP contribution >= 0.6 is 0 Å². The minimum absolute atomic E-state index is 0.880. The van der Waals surface area contributed by atoms with E-state index in [0.29, 0.717) is 0 Å². The van der Waals surface area contributed by atoms with Crippen LogP contribution in [0, 0.1) is 6.92 Å². The summed E-state index contributed by atoms with van der Waals surface area (Å²) in [7, 11) is 0. The molecule has 0 fully saturated rings. The smallest absolute Gasteiger partial charge is 0.138 e.